The number of carbonyl (C=O) groups excluding carboxylic acids is 1. The summed E-state index contributed by atoms with van der Waals surface area (Å²) in [6, 6.07) is 9.10. The summed E-state index contributed by atoms with van der Waals surface area (Å²) in [6.45, 7) is 1.35. The molecule has 0 spiro atoms. The Labute approximate surface area is 92.5 Å². The van der Waals surface area contributed by atoms with Gasteiger partial charge in [-0.1, -0.05) is 0 Å². The van der Waals surface area contributed by atoms with E-state index in [1.165, 1.54) is 6.92 Å². The van der Waals surface area contributed by atoms with Gasteiger partial charge in [-0.2, -0.15) is 0 Å². The van der Waals surface area contributed by atoms with Gasteiger partial charge in [0.2, 0.25) is 5.88 Å². The Kier molecular flexibility index (Phi) is 2.60. The van der Waals surface area contributed by atoms with E-state index in [9.17, 15) is 4.79 Å². The van der Waals surface area contributed by atoms with Gasteiger partial charge in [0.05, 0.1) is 5.52 Å². The summed E-state index contributed by atoms with van der Waals surface area (Å²) >= 11 is 4.23. The van der Waals surface area contributed by atoms with Crippen molar-refractivity contribution in [3.63, 3.8) is 0 Å². The van der Waals surface area contributed by atoms with Crippen molar-refractivity contribution in [1.82, 2.24) is 4.98 Å². The number of pyridine rings is 1. The summed E-state index contributed by atoms with van der Waals surface area (Å²) in [5, 5.41) is 0.971. The number of benzene rings is 1. The van der Waals surface area contributed by atoms with E-state index in [4.69, 9.17) is 4.74 Å². The molecule has 0 aliphatic heterocycles. The number of rotatable bonds is 1. The number of nitrogens with zero attached hydrogens (tertiary/aromatic N) is 1. The summed E-state index contributed by atoms with van der Waals surface area (Å²) in [5.74, 6) is -0.0467. The molecule has 2 rings (SSSR count). The van der Waals surface area contributed by atoms with Crippen LogP contribution in [0, 0.1) is 0 Å². The molecule has 1 aromatic carbocycles. The van der Waals surface area contributed by atoms with Crippen LogP contribution in [0.25, 0.3) is 10.9 Å². The van der Waals surface area contributed by atoms with Crippen LogP contribution >= 0.6 is 12.6 Å². The van der Waals surface area contributed by atoms with E-state index in [0.717, 1.165) is 15.8 Å². The van der Waals surface area contributed by atoms with E-state index in [-0.39, 0.29) is 5.97 Å². The Bertz CT molecular complexity index is 525. The maximum absolute atomic E-state index is 10.7. The van der Waals surface area contributed by atoms with Crippen LogP contribution in [0.15, 0.2) is 35.2 Å². The fourth-order valence-electron chi connectivity index (χ4n) is 1.30. The molecular weight excluding hydrogens is 210 g/mol. The molecule has 0 amide bonds. The van der Waals surface area contributed by atoms with E-state index in [2.05, 4.69) is 17.6 Å². The molecule has 0 unspecified atom stereocenters. The molecule has 0 radical (unpaired) electrons. The number of thiol groups is 1. The Hall–Kier alpha value is -1.55. The normalized spacial score (nSPS) is 10.3. The monoisotopic (exact) mass is 219 g/mol. The number of hydrogen-bond donors (Lipinski definition) is 1. The summed E-state index contributed by atoms with van der Waals surface area (Å²) < 4.78 is 4.88. The third kappa shape index (κ3) is 2.27. The minimum absolute atomic E-state index is 0.321. The molecule has 15 heavy (non-hydrogen) atoms. The van der Waals surface area contributed by atoms with Gasteiger partial charge in [0.1, 0.15) is 0 Å². The SMILES string of the molecule is CC(=O)Oc1ccc2cc(S)ccc2n1. The molecule has 0 saturated heterocycles. The van der Waals surface area contributed by atoms with E-state index >= 15 is 0 Å². The number of esters is 1. The quantitative estimate of drug-likeness (QED) is 0.591. The molecule has 0 aliphatic carbocycles. The highest BCUT2D eigenvalue weighted by Crippen LogP contribution is 2.19. The van der Waals surface area contributed by atoms with Crippen molar-refractivity contribution in [3.05, 3.63) is 30.3 Å². The minimum Gasteiger partial charge on any atom is -0.408 e. The molecule has 0 aliphatic rings. The van der Waals surface area contributed by atoms with Crippen molar-refractivity contribution >= 4 is 29.5 Å². The number of hydrogen-bond acceptors (Lipinski definition) is 4. The maximum atomic E-state index is 10.7. The first-order chi connectivity index (χ1) is 7.15. The van der Waals surface area contributed by atoms with Crippen molar-refractivity contribution < 1.29 is 9.53 Å². The number of carbonyl (C=O) groups is 1. The van der Waals surface area contributed by atoms with E-state index in [1.54, 1.807) is 6.07 Å². The van der Waals surface area contributed by atoms with Crippen LogP contribution in [0.3, 0.4) is 0 Å². The van der Waals surface area contributed by atoms with Crippen LogP contribution in [0.4, 0.5) is 0 Å². The van der Waals surface area contributed by atoms with E-state index in [0.29, 0.717) is 5.88 Å². The predicted octanol–water partition coefficient (Wildman–Crippen LogP) is 2.45. The molecular formula is C11H9NO2S. The first-order valence-corrected chi connectivity index (χ1v) is 4.88. The third-order valence-corrected chi connectivity index (χ3v) is 2.17. The zero-order valence-electron chi connectivity index (χ0n) is 8.10. The highest BCUT2D eigenvalue weighted by atomic mass is 32.1. The molecule has 0 bridgehead atoms. The first kappa shape index (κ1) is 9.98. The van der Waals surface area contributed by atoms with Gasteiger partial charge in [-0.15, -0.1) is 12.6 Å². The fraction of sp³-hybridized carbons (Fsp3) is 0.0909. The second-order valence-corrected chi connectivity index (χ2v) is 3.64. The lowest BCUT2D eigenvalue weighted by Crippen LogP contribution is -2.02. The first-order valence-electron chi connectivity index (χ1n) is 4.43. The molecule has 0 fully saturated rings. The molecule has 0 N–H and O–H groups in total. The van der Waals surface area contributed by atoms with Crippen molar-refractivity contribution in [2.24, 2.45) is 0 Å². The lowest BCUT2D eigenvalue weighted by Gasteiger charge is -2.02. The van der Waals surface area contributed by atoms with Gasteiger partial charge in [-0.25, -0.2) is 4.98 Å². The molecule has 3 nitrogen and oxygen atoms in total. The van der Waals surface area contributed by atoms with Gasteiger partial charge >= 0.3 is 5.97 Å². The molecule has 1 heterocycles. The second kappa shape index (κ2) is 3.90. The van der Waals surface area contributed by atoms with Crippen molar-refractivity contribution in [1.29, 1.82) is 0 Å². The topological polar surface area (TPSA) is 39.2 Å². The van der Waals surface area contributed by atoms with Crippen LogP contribution in [-0.4, -0.2) is 11.0 Å². The molecule has 0 saturated carbocycles. The molecule has 0 atom stereocenters. The average molecular weight is 219 g/mol. The zero-order valence-corrected chi connectivity index (χ0v) is 8.99. The van der Waals surface area contributed by atoms with E-state index < -0.39 is 0 Å². The minimum atomic E-state index is -0.368. The Morgan fingerprint density at radius 1 is 1.33 bits per heavy atom. The van der Waals surface area contributed by atoms with Crippen LogP contribution in [0.1, 0.15) is 6.92 Å². The summed E-state index contributed by atoms with van der Waals surface area (Å²) in [6.07, 6.45) is 0. The highest BCUT2D eigenvalue weighted by Gasteiger charge is 2.01. The van der Waals surface area contributed by atoms with Crippen molar-refractivity contribution in [3.8, 4) is 5.88 Å². The fourth-order valence-corrected chi connectivity index (χ4v) is 1.51. The molecule has 4 heteroatoms. The largest absolute Gasteiger partial charge is 0.408 e. The standard InChI is InChI=1S/C11H9NO2S/c1-7(13)14-11-5-2-8-6-9(15)3-4-10(8)12-11/h2-6,15H,1H3. The van der Waals surface area contributed by atoms with E-state index in [1.807, 2.05) is 24.3 Å². The summed E-state index contributed by atoms with van der Waals surface area (Å²) in [7, 11) is 0. The molecule has 76 valence electrons. The molecule has 2 aromatic rings. The number of ether oxygens (including phenoxy) is 1. The predicted molar refractivity (Wildman–Crippen MR) is 60.3 cm³/mol. The van der Waals surface area contributed by atoms with Crippen molar-refractivity contribution in [2.75, 3.05) is 0 Å². The van der Waals surface area contributed by atoms with Gasteiger partial charge < -0.3 is 4.74 Å². The van der Waals surface area contributed by atoms with Gasteiger partial charge in [0.15, 0.2) is 0 Å². The van der Waals surface area contributed by atoms with Crippen LogP contribution in [0.5, 0.6) is 5.88 Å². The second-order valence-electron chi connectivity index (χ2n) is 3.12. The lowest BCUT2D eigenvalue weighted by molar-refractivity contribution is -0.132. The van der Waals surface area contributed by atoms with Crippen LogP contribution in [0.2, 0.25) is 0 Å². The Morgan fingerprint density at radius 3 is 2.87 bits per heavy atom. The summed E-state index contributed by atoms with van der Waals surface area (Å²) in [4.78, 5) is 15.8. The van der Waals surface area contributed by atoms with Crippen LogP contribution in [-0.2, 0) is 4.79 Å². The average Bonchev–Trinajstić information content (AvgIpc) is 2.17. The van der Waals surface area contributed by atoms with Gasteiger partial charge in [0.25, 0.3) is 0 Å². The lowest BCUT2D eigenvalue weighted by atomic mass is 10.2. The van der Waals surface area contributed by atoms with Gasteiger partial charge in [-0.05, 0) is 24.3 Å². The van der Waals surface area contributed by atoms with Crippen molar-refractivity contribution in [2.45, 2.75) is 11.8 Å². The molecule has 1 aromatic heterocycles. The zero-order chi connectivity index (χ0) is 10.8. The maximum Gasteiger partial charge on any atom is 0.309 e. The van der Waals surface area contributed by atoms with Gasteiger partial charge in [-0.3, -0.25) is 4.79 Å². The number of aromatic nitrogens is 1. The number of fused-ring (bicyclic) bond motifs is 1. The Balaban J connectivity index is 2.47. The smallest absolute Gasteiger partial charge is 0.309 e. The third-order valence-electron chi connectivity index (χ3n) is 1.90. The highest BCUT2D eigenvalue weighted by molar-refractivity contribution is 7.80. The van der Waals surface area contributed by atoms with Gasteiger partial charge in [0, 0.05) is 23.3 Å². The summed E-state index contributed by atoms with van der Waals surface area (Å²) in [5.41, 5.74) is 0.784. The van der Waals surface area contributed by atoms with Crippen LogP contribution < -0.4 is 4.74 Å². The Morgan fingerprint density at radius 2 is 2.13 bits per heavy atom.